The van der Waals surface area contributed by atoms with Crippen LogP contribution >= 0.6 is 0 Å². The minimum absolute atomic E-state index is 0.0287. The van der Waals surface area contributed by atoms with Crippen LogP contribution in [0.1, 0.15) is 43.8 Å². The number of nitrogens with zero attached hydrogens (tertiary/aromatic N) is 4. The standard InChI is InChI=1S/C18H26N6O2/c1-19-18(26)20-10-14-11-24(22-21-14)15-4-2-3-13(9-15)17(25)23-8-7-12-5-6-16(12)23/h2,4,11-13,15-16H,3,5-10H2,1H3,(H2,19,20,26)/t12-,13-,15-,16-/m0/s1. The molecule has 1 aliphatic heterocycles. The Morgan fingerprint density at radius 2 is 2.19 bits per heavy atom. The molecule has 0 aromatic carbocycles. The van der Waals surface area contributed by atoms with Crippen molar-refractivity contribution in [2.75, 3.05) is 13.6 Å². The van der Waals surface area contributed by atoms with Gasteiger partial charge >= 0.3 is 6.03 Å². The average Bonchev–Trinajstić information content (AvgIpc) is 3.23. The molecule has 1 saturated heterocycles. The Bertz CT molecular complexity index is 714. The SMILES string of the molecule is CNC(=O)NCc1cn([C@H]2C=CC[C@H](C(=O)N3CC[C@@H]4CC[C@@H]43)C2)nn1. The lowest BCUT2D eigenvalue weighted by atomic mass is 9.80. The summed E-state index contributed by atoms with van der Waals surface area (Å²) in [5, 5.41) is 13.5. The second-order valence-electron chi connectivity index (χ2n) is 7.51. The number of carbonyl (C=O) groups is 2. The normalized spacial score (nSPS) is 29.8. The van der Waals surface area contributed by atoms with Crippen LogP contribution in [0.25, 0.3) is 0 Å². The molecule has 1 aromatic heterocycles. The van der Waals surface area contributed by atoms with Crippen LogP contribution in [-0.4, -0.2) is 51.5 Å². The van der Waals surface area contributed by atoms with E-state index in [4.69, 9.17) is 0 Å². The number of allylic oxidation sites excluding steroid dienone is 2. The molecule has 2 N–H and O–H groups in total. The van der Waals surface area contributed by atoms with Gasteiger partial charge in [0.25, 0.3) is 0 Å². The zero-order valence-corrected chi connectivity index (χ0v) is 15.1. The topological polar surface area (TPSA) is 92.2 Å². The summed E-state index contributed by atoms with van der Waals surface area (Å²) in [5.41, 5.74) is 0.701. The maximum Gasteiger partial charge on any atom is 0.314 e. The highest BCUT2D eigenvalue weighted by Gasteiger charge is 2.44. The van der Waals surface area contributed by atoms with Crippen molar-refractivity contribution in [3.8, 4) is 0 Å². The van der Waals surface area contributed by atoms with E-state index in [0.717, 1.165) is 25.3 Å². The Morgan fingerprint density at radius 3 is 2.92 bits per heavy atom. The lowest BCUT2D eigenvalue weighted by Crippen LogP contribution is -2.45. The molecule has 26 heavy (non-hydrogen) atoms. The summed E-state index contributed by atoms with van der Waals surface area (Å²) in [6.07, 6.45) is 11.2. The van der Waals surface area contributed by atoms with Gasteiger partial charge in [0.05, 0.1) is 18.8 Å². The van der Waals surface area contributed by atoms with Crippen LogP contribution in [-0.2, 0) is 11.3 Å². The monoisotopic (exact) mass is 358 g/mol. The van der Waals surface area contributed by atoms with Crippen LogP contribution in [0.5, 0.6) is 0 Å². The van der Waals surface area contributed by atoms with Gasteiger partial charge in [-0.1, -0.05) is 17.4 Å². The Morgan fingerprint density at radius 1 is 1.31 bits per heavy atom. The molecular weight excluding hydrogens is 332 g/mol. The summed E-state index contributed by atoms with van der Waals surface area (Å²) in [6.45, 7) is 1.26. The van der Waals surface area contributed by atoms with Gasteiger partial charge in [-0.2, -0.15) is 0 Å². The van der Waals surface area contributed by atoms with Crippen molar-refractivity contribution in [3.63, 3.8) is 0 Å². The molecule has 4 rings (SSSR count). The van der Waals surface area contributed by atoms with Crippen molar-refractivity contribution in [3.05, 3.63) is 24.0 Å². The number of hydrogen-bond acceptors (Lipinski definition) is 4. The number of likely N-dealkylation sites (tertiary alicyclic amines) is 1. The summed E-state index contributed by atoms with van der Waals surface area (Å²) in [5.74, 6) is 1.09. The minimum Gasteiger partial charge on any atom is -0.341 e. The number of nitrogens with one attached hydrogen (secondary N) is 2. The first-order chi connectivity index (χ1) is 12.7. The molecule has 3 aliphatic rings. The van der Waals surface area contributed by atoms with Crippen LogP contribution in [0, 0.1) is 11.8 Å². The average molecular weight is 358 g/mol. The molecule has 2 heterocycles. The zero-order valence-electron chi connectivity index (χ0n) is 15.1. The molecule has 0 radical (unpaired) electrons. The van der Waals surface area contributed by atoms with Crippen LogP contribution in [0.3, 0.4) is 0 Å². The quantitative estimate of drug-likeness (QED) is 0.792. The number of fused-ring (bicyclic) bond motifs is 1. The van der Waals surface area contributed by atoms with Gasteiger partial charge < -0.3 is 15.5 Å². The van der Waals surface area contributed by atoms with E-state index in [9.17, 15) is 9.59 Å². The van der Waals surface area contributed by atoms with Crippen LogP contribution in [0.15, 0.2) is 18.3 Å². The Kier molecular flexibility index (Phi) is 4.65. The van der Waals surface area contributed by atoms with Crippen molar-refractivity contribution in [1.29, 1.82) is 0 Å². The number of rotatable bonds is 4. The second kappa shape index (κ2) is 7.09. The summed E-state index contributed by atoms with van der Waals surface area (Å²) < 4.78 is 1.80. The summed E-state index contributed by atoms with van der Waals surface area (Å²) in [7, 11) is 1.57. The van der Waals surface area contributed by atoms with E-state index in [1.807, 2.05) is 6.20 Å². The third-order valence-corrected chi connectivity index (χ3v) is 6.01. The first-order valence-electron chi connectivity index (χ1n) is 9.49. The summed E-state index contributed by atoms with van der Waals surface area (Å²) in [6, 6.07) is 0.294. The van der Waals surface area contributed by atoms with Crippen LogP contribution in [0.4, 0.5) is 4.79 Å². The highest BCUT2D eigenvalue weighted by molar-refractivity contribution is 5.80. The second-order valence-corrected chi connectivity index (χ2v) is 7.51. The number of hydrogen-bond donors (Lipinski definition) is 2. The van der Waals surface area contributed by atoms with E-state index < -0.39 is 0 Å². The lowest BCUT2D eigenvalue weighted by molar-refractivity contribution is -0.138. The maximum atomic E-state index is 13.0. The molecule has 0 unspecified atom stereocenters. The van der Waals surface area contributed by atoms with Crippen LogP contribution in [0.2, 0.25) is 0 Å². The number of urea groups is 1. The van der Waals surface area contributed by atoms with Gasteiger partial charge in [0.2, 0.25) is 5.91 Å². The van der Waals surface area contributed by atoms with Crippen molar-refractivity contribution in [1.82, 2.24) is 30.5 Å². The zero-order chi connectivity index (χ0) is 18.1. The van der Waals surface area contributed by atoms with Gasteiger partial charge in [0, 0.05) is 25.6 Å². The fourth-order valence-electron chi connectivity index (χ4n) is 4.36. The molecule has 2 fully saturated rings. The van der Waals surface area contributed by atoms with Crippen molar-refractivity contribution in [2.24, 2.45) is 11.8 Å². The molecule has 8 heteroatoms. The summed E-state index contributed by atoms with van der Waals surface area (Å²) >= 11 is 0. The number of amides is 3. The number of aromatic nitrogens is 3. The van der Waals surface area contributed by atoms with E-state index in [2.05, 4.69) is 38.0 Å². The van der Waals surface area contributed by atoms with E-state index in [1.165, 1.54) is 19.3 Å². The molecule has 2 aliphatic carbocycles. The van der Waals surface area contributed by atoms with Gasteiger partial charge in [0.15, 0.2) is 0 Å². The highest BCUT2D eigenvalue weighted by Crippen LogP contribution is 2.42. The fraction of sp³-hybridized carbons (Fsp3) is 0.667. The molecule has 1 saturated carbocycles. The smallest absolute Gasteiger partial charge is 0.314 e. The Hall–Kier alpha value is -2.38. The van der Waals surface area contributed by atoms with E-state index in [1.54, 1.807) is 11.7 Å². The van der Waals surface area contributed by atoms with Gasteiger partial charge in [-0.25, -0.2) is 9.48 Å². The molecule has 140 valence electrons. The highest BCUT2D eigenvalue weighted by atomic mass is 16.2. The predicted molar refractivity (Wildman–Crippen MR) is 95.1 cm³/mol. The summed E-state index contributed by atoms with van der Waals surface area (Å²) in [4.78, 5) is 26.4. The third kappa shape index (κ3) is 3.20. The van der Waals surface area contributed by atoms with Gasteiger partial charge in [0.1, 0.15) is 5.69 Å². The predicted octanol–water partition coefficient (Wildman–Crippen LogP) is 1.23. The minimum atomic E-state index is -0.248. The van der Waals surface area contributed by atoms with Crippen molar-refractivity contribution in [2.45, 2.75) is 50.7 Å². The molecular formula is C18H26N6O2. The van der Waals surface area contributed by atoms with Gasteiger partial charge in [-0.05, 0) is 38.0 Å². The van der Waals surface area contributed by atoms with E-state index in [-0.39, 0.29) is 18.0 Å². The lowest BCUT2D eigenvalue weighted by Gasteiger charge is -2.38. The first kappa shape index (κ1) is 17.1. The molecule has 4 atom stereocenters. The largest absolute Gasteiger partial charge is 0.341 e. The first-order valence-corrected chi connectivity index (χ1v) is 9.49. The maximum absolute atomic E-state index is 13.0. The van der Waals surface area contributed by atoms with Gasteiger partial charge in [-0.3, -0.25) is 4.79 Å². The Labute approximate surface area is 153 Å². The molecule has 1 aromatic rings. The van der Waals surface area contributed by atoms with Crippen molar-refractivity contribution < 1.29 is 9.59 Å². The van der Waals surface area contributed by atoms with Gasteiger partial charge in [-0.15, -0.1) is 5.10 Å². The third-order valence-electron chi connectivity index (χ3n) is 6.01. The molecule has 3 amide bonds. The number of carbonyl (C=O) groups excluding carboxylic acids is 2. The molecule has 0 bridgehead atoms. The van der Waals surface area contributed by atoms with Crippen LogP contribution < -0.4 is 10.6 Å². The Balaban J connectivity index is 1.37. The molecule has 0 spiro atoms. The van der Waals surface area contributed by atoms with E-state index >= 15 is 0 Å². The molecule has 8 nitrogen and oxygen atoms in total. The van der Waals surface area contributed by atoms with E-state index in [0.29, 0.717) is 24.2 Å². The van der Waals surface area contributed by atoms with Crippen molar-refractivity contribution >= 4 is 11.9 Å². The fourth-order valence-corrected chi connectivity index (χ4v) is 4.36.